The molecule has 0 radical (unpaired) electrons. The first kappa shape index (κ1) is 25.4. The summed E-state index contributed by atoms with van der Waals surface area (Å²) in [5.74, 6) is 0. The van der Waals surface area contributed by atoms with Gasteiger partial charge in [0.1, 0.15) is 22.3 Å². The molecule has 0 saturated carbocycles. The number of furan rings is 2. The SMILES string of the molecule is c1ccc(-c2ccc(N(c3ccc(-c4ccc5oc6ccccc6c5c4)cc3)c3ccc4c(c3)oc3ccccc34)cc2)cc1. The molecule has 0 aliphatic rings. The number of rotatable bonds is 5. The van der Waals surface area contributed by atoms with Crippen LogP contribution in [0.4, 0.5) is 17.1 Å². The fourth-order valence-electron chi connectivity index (χ4n) is 6.44. The molecule has 0 N–H and O–H groups in total. The van der Waals surface area contributed by atoms with Crippen molar-refractivity contribution in [3.8, 4) is 22.3 Å². The number of hydrogen-bond acceptors (Lipinski definition) is 3. The first-order valence-corrected chi connectivity index (χ1v) is 15.2. The summed E-state index contributed by atoms with van der Waals surface area (Å²) in [5.41, 5.74) is 11.5. The highest BCUT2D eigenvalue weighted by Crippen LogP contribution is 2.40. The van der Waals surface area contributed by atoms with Gasteiger partial charge in [-0.1, -0.05) is 97.1 Å². The number of fused-ring (bicyclic) bond motifs is 6. The minimum Gasteiger partial charge on any atom is -0.456 e. The van der Waals surface area contributed by atoms with Gasteiger partial charge in [-0.25, -0.2) is 0 Å². The van der Waals surface area contributed by atoms with Crippen LogP contribution < -0.4 is 4.90 Å². The predicted octanol–water partition coefficient (Wildman–Crippen LogP) is 12.3. The van der Waals surface area contributed by atoms with Crippen molar-refractivity contribution in [3.63, 3.8) is 0 Å². The zero-order chi connectivity index (χ0) is 29.7. The van der Waals surface area contributed by atoms with Crippen LogP contribution in [0.5, 0.6) is 0 Å². The van der Waals surface area contributed by atoms with Gasteiger partial charge in [0.2, 0.25) is 0 Å². The molecule has 0 unspecified atom stereocenters. The van der Waals surface area contributed by atoms with E-state index in [1.807, 2.05) is 30.3 Å². The van der Waals surface area contributed by atoms with E-state index in [2.05, 4.69) is 138 Å². The van der Waals surface area contributed by atoms with Crippen LogP contribution in [0.2, 0.25) is 0 Å². The van der Waals surface area contributed by atoms with Crippen molar-refractivity contribution in [3.05, 3.63) is 164 Å². The minimum absolute atomic E-state index is 0.872. The van der Waals surface area contributed by atoms with Crippen molar-refractivity contribution in [2.24, 2.45) is 0 Å². The molecule has 9 rings (SSSR count). The van der Waals surface area contributed by atoms with Crippen LogP contribution in [-0.2, 0) is 0 Å². The lowest BCUT2D eigenvalue weighted by molar-refractivity contribution is 0.668. The van der Waals surface area contributed by atoms with Gasteiger partial charge in [0, 0.05) is 44.7 Å². The zero-order valence-electron chi connectivity index (χ0n) is 24.4. The molecule has 2 aromatic heterocycles. The molecule has 9 aromatic rings. The molecular formula is C42H27NO2. The van der Waals surface area contributed by atoms with Crippen LogP contribution in [-0.4, -0.2) is 0 Å². The lowest BCUT2D eigenvalue weighted by atomic mass is 10.0. The summed E-state index contributed by atoms with van der Waals surface area (Å²) in [4.78, 5) is 2.29. The highest BCUT2D eigenvalue weighted by Gasteiger charge is 2.16. The van der Waals surface area contributed by atoms with Crippen LogP contribution in [0, 0.1) is 0 Å². The van der Waals surface area contributed by atoms with Crippen molar-refractivity contribution in [1.82, 2.24) is 0 Å². The molecule has 0 atom stereocenters. The summed E-state index contributed by atoms with van der Waals surface area (Å²) >= 11 is 0. The third-order valence-corrected chi connectivity index (χ3v) is 8.69. The van der Waals surface area contributed by atoms with E-state index in [1.54, 1.807) is 0 Å². The third kappa shape index (κ3) is 4.37. The maximum atomic E-state index is 6.29. The molecule has 0 aliphatic carbocycles. The molecule has 3 nitrogen and oxygen atoms in total. The summed E-state index contributed by atoms with van der Waals surface area (Å²) in [6.07, 6.45) is 0. The molecule has 0 amide bonds. The molecule has 7 aromatic carbocycles. The largest absolute Gasteiger partial charge is 0.456 e. The standard InChI is InChI=1S/C42H27NO2/c1-2-8-28(9-3-1)29-14-19-32(20-15-29)43(34-23-24-37-35-10-4-6-12-39(35)45-42(37)27-34)33-21-16-30(17-22-33)31-18-25-41-38(26-31)36-11-5-7-13-40(36)44-41/h1-27H. The monoisotopic (exact) mass is 577 g/mol. The Bertz CT molecular complexity index is 2470. The van der Waals surface area contributed by atoms with E-state index in [9.17, 15) is 0 Å². The van der Waals surface area contributed by atoms with Gasteiger partial charge in [-0.2, -0.15) is 0 Å². The van der Waals surface area contributed by atoms with Crippen LogP contribution in [0.15, 0.2) is 173 Å². The second-order valence-electron chi connectivity index (χ2n) is 11.4. The Morgan fingerprint density at radius 1 is 0.289 bits per heavy atom. The van der Waals surface area contributed by atoms with E-state index in [4.69, 9.17) is 8.83 Å². The van der Waals surface area contributed by atoms with Gasteiger partial charge in [-0.05, 0) is 82.9 Å². The van der Waals surface area contributed by atoms with Gasteiger partial charge in [-0.15, -0.1) is 0 Å². The highest BCUT2D eigenvalue weighted by molar-refractivity contribution is 6.07. The summed E-state index contributed by atoms with van der Waals surface area (Å²) in [6, 6.07) is 57.4. The fraction of sp³-hybridized carbons (Fsp3) is 0. The van der Waals surface area contributed by atoms with Gasteiger partial charge in [0.25, 0.3) is 0 Å². The number of anilines is 3. The maximum Gasteiger partial charge on any atom is 0.137 e. The second-order valence-corrected chi connectivity index (χ2v) is 11.4. The summed E-state index contributed by atoms with van der Waals surface area (Å²) in [6.45, 7) is 0. The smallest absolute Gasteiger partial charge is 0.137 e. The molecule has 0 saturated heterocycles. The van der Waals surface area contributed by atoms with E-state index in [1.165, 1.54) is 11.1 Å². The molecule has 0 spiro atoms. The zero-order valence-corrected chi connectivity index (χ0v) is 24.4. The van der Waals surface area contributed by atoms with Crippen LogP contribution >= 0.6 is 0 Å². The summed E-state index contributed by atoms with van der Waals surface area (Å²) in [7, 11) is 0. The highest BCUT2D eigenvalue weighted by atomic mass is 16.3. The minimum atomic E-state index is 0.872. The van der Waals surface area contributed by atoms with Crippen molar-refractivity contribution < 1.29 is 8.83 Å². The first-order chi connectivity index (χ1) is 22.3. The van der Waals surface area contributed by atoms with Gasteiger partial charge in [0.15, 0.2) is 0 Å². The van der Waals surface area contributed by atoms with Crippen molar-refractivity contribution in [1.29, 1.82) is 0 Å². The van der Waals surface area contributed by atoms with Crippen LogP contribution in [0.25, 0.3) is 66.1 Å². The van der Waals surface area contributed by atoms with E-state index in [-0.39, 0.29) is 0 Å². The lowest BCUT2D eigenvalue weighted by Gasteiger charge is -2.26. The molecule has 0 aliphatic heterocycles. The molecule has 3 heteroatoms. The third-order valence-electron chi connectivity index (χ3n) is 8.69. The van der Waals surface area contributed by atoms with Gasteiger partial charge < -0.3 is 13.7 Å². The number of hydrogen-bond donors (Lipinski definition) is 0. The lowest BCUT2D eigenvalue weighted by Crippen LogP contribution is -2.09. The topological polar surface area (TPSA) is 29.5 Å². The Morgan fingerprint density at radius 2 is 0.756 bits per heavy atom. The Kier molecular flexibility index (Phi) is 5.82. The Hall–Kier alpha value is -6.06. The number of para-hydroxylation sites is 2. The number of benzene rings is 7. The average Bonchev–Trinajstić information content (AvgIpc) is 3.67. The molecule has 45 heavy (non-hydrogen) atoms. The Balaban J connectivity index is 1.14. The van der Waals surface area contributed by atoms with Crippen molar-refractivity contribution in [2.45, 2.75) is 0 Å². The normalized spacial score (nSPS) is 11.6. The van der Waals surface area contributed by atoms with E-state index >= 15 is 0 Å². The van der Waals surface area contributed by atoms with Crippen LogP contribution in [0.3, 0.4) is 0 Å². The predicted molar refractivity (Wildman–Crippen MR) is 187 cm³/mol. The second kappa shape index (κ2) is 10.3. The number of nitrogens with zero attached hydrogens (tertiary/aromatic N) is 1. The first-order valence-electron chi connectivity index (χ1n) is 15.2. The van der Waals surface area contributed by atoms with Crippen LogP contribution in [0.1, 0.15) is 0 Å². The molecule has 2 heterocycles. The molecule has 0 fully saturated rings. The Labute approximate surface area is 260 Å². The fourth-order valence-corrected chi connectivity index (χ4v) is 6.44. The maximum absolute atomic E-state index is 6.29. The van der Waals surface area contributed by atoms with Gasteiger partial charge >= 0.3 is 0 Å². The van der Waals surface area contributed by atoms with Crippen molar-refractivity contribution >= 4 is 60.9 Å². The van der Waals surface area contributed by atoms with Gasteiger partial charge in [0.05, 0.1) is 0 Å². The van der Waals surface area contributed by atoms with E-state index < -0.39 is 0 Å². The summed E-state index contributed by atoms with van der Waals surface area (Å²) in [5, 5.41) is 4.51. The molecule has 0 bridgehead atoms. The quantitative estimate of drug-likeness (QED) is 0.204. The van der Waals surface area contributed by atoms with Crippen molar-refractivity contribution in [2.75, 3.05) is 4.90 Å². The Morgan fingerprint density at radius 3 is 1.44 bits per heavy atom. The molecule has 212 valence electrons. The summed E-state index contributed by atoms with van der Waals surface area (Å²) < 4.78 is 12.4. The molecular weight excluding hydrogens is 550 g/mol. The van der Waals surface area contributed by atoms with E-state index in [0.29, 0.717) is 0 Å². The van der Waals surface area contributed by atoms with E-state index in [0.717, 1.165) is 72.1 Å². The average molecular weight is 578 g/mol. The van der Waals surface area contributed by atoms with Gasteiger partial charge in [-0.3, -0.25) is 0 Å².